The Balaban J connectivity index is 2.41. The third kappa shape index (κ3) is 4.39. The Labute approximate surface area is 147 Å². The zero-order valence-corrected chi connectivity index (χ0v) is 14.9. The van der Waals surface area contributed by atoms with Crippen LogP contribution in [0.2, 0.25) is 0 Å². The molecule has 7 heteroatoms. The Kier molecular flexibility index (Phi) is 5.82. The van der Waals surface area contributed by atoms with Crippen molar-refractivity contribution in [3.8, 4) is 5.75 Å². The minimum absolute atomic E-state index is 0.0105. The molecule has 0 aliphatic rings. The maximum Gasteiger partial charge on any atom is 0.265 e. The number of hydrogen-bond acceptors (Lipinski definition) is 4. The molecule has 0 bridgehead atoms. The molecule has 0 spiro atoms. The van der Waals surface area contributed by atoms with E-state index in [1.54, 1.807) is 43.3 Å². The van der Waals surface area contributed by atoms with Gasteiger partial charge < -0.3 is 10.1 Å². The lowest BCUT2D eigenvalue weighted by Gasteiger charge is -2.14. The van der Waals surface area contributed by atoms with Crippen molar-refractivity contribution >= 4 is 21.6 Å². The molecule has 0 unspecified atom stereocenters. The highest BCUT2D eigenvalue weighted by Crippen LogP contribution is 2.27. The molecule has 2 N–H and O–H groups in total. The fourth-order valence-electron chi connectivity index (χ4n) is 2.22. The summed E-state index contributed by atoms with van der Waals surface area (Å²) in [6.45, 7) is 5.61. The van der Waals surface area contributed by atoms with Gasteiger partial charge in [-0.3, -0.25) is 9.52 Å². The number of carbonyl (C=O) groups is 1. The molecule has 2 aromatic carbocycles. The number of amides is 1. The zero-order chi connectivity index (χ0) is 18.4. The number of hydrogen-bond donors (Lipinski definition) is 2. The average molecular weight is 360 g/mol. The molecule has 0 saturated carbocycles. The number of aryl methyl sites for hydroxylation is 1. The summed E-state index contributed by atoms with van der Waals surface area (Å²) in [7, 11) is -2.53. The Bertz CT molecular complexity index is 892. The fraction of sp³-hybridized carbons (Fsp3) is 0.167. The number of rotatable bonds is 7. The van der Waals surface area contributed by atoms with E-state index in [4.69, 9.17) is 4.74 Å². The second-order valence-corrected chi connectivity index (χ2v) is 6.95. The minimum Gasteiger partial charge on any atom is -0.495 e. The summed E-state index contributed by atoms with van der Waals surface area (Å²) in [5, 5.41) is 2.63. The number of sulfonamides is 1. The van der Waals surface area contributed by atoms with Gasteiger partial charge in [0.15, 0.2) is 0 Å². The first-order valence-corrected chi connectivity index (χ1v) is 9.03. The van der Waals surface area contributed by atoms with Crippen LogP contribution >= 0.6 is 0 Å². The molecule has 25 heavy (non-hydrogen) atoms. The molecular weight excluding hydrogens is 340 g/mol. The van der Waals surface area contributed by atoms with E-state index in [-0.39, 0.29) is 28.4 Å². The van der Waals surface area contributed by atoms with E-state index in [2.05, 4.69) is 16.6 Å². The molecule has 0 radical (unpaired) electrons. The molecule has 2 rings (SSSR count). The highest BCUT2D eigenvalue weighted by atomic mass is 32.2. The molecule has 2 aromatic rings. The first-order valence-electron chi connectivity index (χ1n) is 7.54. The Hall–Kier alpha value is -2.80. The third-order valence-corrected chi connectivity index (χ3v) is 4.82. The molecule has 0 saturated heterocycles. The van der Waals surface area contributed by atoms with Crippen LogP contribution in [0, 0.1) is 6.92 Å². The molecule has 1 amide bonds. The van der Waals surface area contributed by atoms with Gasteiger partial charge in [-0.15, -0.1) is 6.58 Å². The second-order valence-electron chi connectivity index (χ2n) is 5.30. The minimum atomic E-state index is -3.93. The first-order chi connectivity index (χ1) is 11.9. The predicted molar refractivity (Wildman–Crippen MR) is 97.5 cm³/mol. The number of carbonyl (C=O) groups excluding carboxylic acids is 1. The van der Waals surface area contributed by atoms with Gasteiger partial charge in [-0.05, 0) is 36.8 Å². The Morgan fingerprint density at radius 3 is 2.64 bits per heavy atom. The summed E-state index contributed by atoms with van der Waals surface area (Å²) in [6, 6.07) is 11.2. The van der Waals surface area contributed by atoms with Crippen LogP contribution in [-0.2, 0) is 10.0 Å². The van der Waals surface area contributed by atoms with Gasteiger partial charge in [0.25, 0.3) is 15.9 Å². The number of para-hydroxylation sites is 1. The number of anilines is 1. The number of nitrogens with one attached hydrogen (secondary N) is 2. The molecular formula is C18H20N2O4S. The van der Waals surface area contributed by atoms with Crippen LogP contribution in [0.5, 0.6) is 5.75 Å². The number of benzene rings is 2. The van der Waals surface area contributed by atoms with Gasteiger partial charge in [-0.25, -0.2) is 8.42 Å². The lowest BCUT2D eigenvalue weighted by molar-refractivity contribution is 0.0959. The summed E-state index contributed by atoms with van der Waals surface area (Å²) >= 11 is 0. The number of methoxy groups -OCH3 is 1. The van der Waals surface area contributed by atoms with Crippen LogP contribution < -0.4 is 14.8 Å². The van der Waals surface area contributed by atoms with E-state index in [1.165, 1.54) is 19.2 Å². The van der Waals surface area contributed by atoms with Crippen LogP contribution in [-0.4, -0.2) is 28.0 Å². The predicted octanol–water partition coefficient (Wildman–Crippen LogP) is 2.72. The maximum atomic E-state index is 12.8. The Morgan fingerprint density at radius 1 is 1.24 bits per heavy atom. The van der Waals surface area contributed by atoms with Gasteiger partial charge in [0.2, 0.25) is 0 Å². The summed E-state index contributed by atoms with van der Waals surface area (Å²) < 4.78 is 33.2. The van der Waals surface area contributed by atoms with Crippen molar-refractivity contribution in [2.24, 2.45) is 0 Å². The highest BCUT2D eigenvalue weighted by Gasteiger charge is 2.22. The summed E-state index contributed by atoms with van der Waals surface area (Å²) in [5.74, 6) is -0.166. The smallest absolute Gasteiger partial charge is 0.265 e. The zero-order valence-electron chi connectivity index (χ0n) is 14.1. The summed E-state index contributed by atoms with van der Waals surface area (Å²) in [5.41, 5.74) is 1.19. The van der Waals surface area contributed by atoms with Gasteiger partial charge in [-0.2, -0.15) is 0 Å². The highest BCUT2D eigenvalue weighted by molar-refractivity contribution is 7.92. The van der Waals surface area contributed by atoms with E-state index >= 15 is 0 Å². The molecule has 0 aliphatic carbocycles. The topological polar surface area (TPSA) is 84.5 Å². The Morgan fingerprint density at radius 2 is 1.96 bits per heavy atom. The molecule has 0 fully saturated rings. The van der Waals surface area contributed by atoms with Crippen molar-refractivity contribution < 1.29 is 17.9 Å². The van der Waals surface area contributed by atoms with Gasteiger partial charge in [-0.1, -0.05) is 24.3 Å². The monoisotopic (exact) mass is 360 g/mol. The van der Waals surface area contributed by atoms with Gasteiger partial charge in [0.1, 0.15) is 10.6 Å². The van der Waals surface area contributed by atoms with Crippen LogP contribution in [0.25, 0.3) is 0 Å². The third-order valence-electron chi connectivity index (χ3n) is 3.43. The van der Waals surface area contributed by atoms with Crippen LogP contribution in [0.1, 0.15) is 15.9 Å². The average Bonchev–Trinajstić information content (AvgIpc) is 2.59. The van der Waals surface area contributed by atoms with E-state index in [0.29, 0.717) is 0 Å². The molecule has 6 nitrogen and oxygen atoms in total. The van der Waals surface area contributed by atoms with E-state index in [9.17, 15) is 13.2 Å². The SMILES string of the molecule is C=CCNC(=O)c1ccccc1NS(=O)(=O)c1cc(C)ccc1OC. The lowest BCUT2D eigenvalue weighted by Crippen LogP contribution is -2.25. The van der Waals surface area contributed by atoms with E-state index < -0.39 is 15.9 Å². The van der Waals surface area contributed by atoms with Crippen molar-refractivity contribution in [3.63, 3.8) is 0 Å². The van der Waals surface area contributed by atoms with Crippen molar-refractivity contribution in [1.29, 1.82) is 0 Å². The van der Waals surface area contributed by atoms with E-state index in [1.807, 2.05) is 0 Å². The summed E-state index contributed by atoms with van der Waals surface area (Å²) in [6.07, 6.45) is 1.54. The normalized spacial score (nSPS) is 10.8. The quantitative estimate of drug-likeness (QED) is 0.744. The van der Waals surface area contributed by atoms with Gasteiger partial charge in [0.05, 0.1) is 18.4 Å². The maximum absolute atomic E-state index is 12.8. The first kappa shape index (κ1) is 18.5. The second kappa shape index (κ2) is 7.85. The van der Waals surface area contributed by atoms with Gasteiger partial charge >= 0.3 is 0 Å². The van der Waals surface area contributed by atoms with Crippen molar-refractivity contribution in [3.05, 3.63) is 66.2 Å². The standard InChI is InChI=1S/C18H20N2O4S/c1-4-11-19-18(21)14-7-5-6-8-15(14)20-25(22,23)17-12-13(2)9-10-16(17)24-3/h4-10,12,20H,1,11H2,2-3H3,(H,19,21). The molecule has 132 valence electrons. The number of ether oxygens (including phenoxy) is 1. The van der Waals surface area contributed by atoms with Crippen LogP contribution in [0.3, 0.4) is 0 Å². The fourth-order valence-corrected chi connectivity index (χ4v) is 3.56. The van der Waals surface area contributed by atoms with Crippen molar-refractivity contribution in [1.82, 2.24) is 5.32 Å². The molecule has 0 atom stereocenters. The van der Waals surface area contributed by atoms with E-state index in [0.717, 1.165) is 5.56 Å². The molecule has 0 aliphatic heterocycles. The lowest BCUT2D eigenvalue weighted by atomic mass is 10.1. The largest absolute Gasteiger partial charge is 0.495 e. The van der Waals surface area contributed by atoms with Crippen LogP contribution in [0.4, 0.5) is 5.69 Å². The summed E-state index contributed by atoms with van der Waals surface area (Å²) in [4.78, 5) is 12.2. The van der Waals surface area contributed by atoms with Crippen molar-refractivity contribution in [2.75, 3.05) is 18.4 Å². The van der Waals surface area contributed by atoms with Gasteiger partial charge in [0, 0.05) is 6.54 Å². The van der Waals surface area contributed by atoms with Crippen molar-refractivity contribution in [2.45, 2.75) is 11.8 Å². The molecule has 0 heterocycles. The molecule has 0 aromatic heterocycles. The van der Waals surface area contributed by atoms with Crippen LogP contribution in [0.15, 0.2) is 60.0 Å².